The summed E-state index contributed by atoms with van der Waals surface area (Å²) in [5.74, 6) is -1.51. The van der Waals surface area contributed by atoms with Gasteiger partial charge in [0.05, 0.1) is 5.02 Å². The van der Waals surface area contributed by atoms with Gasteiger partial charge in [-0.15, -0.1) is 0 Å². The maximum absolute atomic E-state index is 12.7. The molecule has 0 amide bonds. The van der Waals surface area contributed by atoms with Crippen LogP contribution < -0.4 is 5.32 Å². The third kappa shape index (κ3) is 4.13. The Labute approximate surface area is 104 Å². The molecular formula is C9H10ClFLiNO2. The molecule has 0 bridgehead atoms. The summed E-state index contributed by atoms with van der Waals surface area (Å²) in [6.45, 7) is 1.49. The molecule has 1 aromatic carbocycles. The zero-order valence-electron chi connectivity index (χ0n) is 7.42. The molecular weight excluding hydrogens is 215 g/mol. The Morgan fingerprint density at radius 3 is 2.67 bits per heavy atom. The van der Waals surface area contributed by atoms with Gasteiger partial charge in [-0.25, -0.2) is 4.39 Å². The van der Waals surface area contributed by atoms with Crippen molar-refractivity contribution in [3.05, 3.63) is 29.0 Å². The number of carboxylic acids is 1. The normalized spacial score (nSPS) is 11.4. The molecule has 3 nitrogen and oxygen atoms in total. The van der Waals surface area contributed by atoms with Crippen LogP contribution in [0.3, 0.4) is 0 Å². The van der Waals surface area contributed by atoms with Gasteiger partial charge in [-0.3, -0.25) is 4.79 Å². The van der Waals surface area contributed by atoms with Crippen molar-refractivity contribution < 1.29 is 14.3 Å². The number of benzene rings is 1. The maximum atomic E-state index is 12.7. The number of rotatable bonds is 3. The van der Waals surface area contributed by atoms with E-state index >= 15 is 0 Å². The van der Waals surface area contributed by atoms with Crippen molar-refractivity contribution >= 4 is 42.1 Å². The van der Waals surface area contributed by atoms with Crippen molar-refractivity contribution in [3.8, 4) is 0 Å². The van der Waals surface area contributed by atoms with Crippen molar-refractivity contribution in [2.45, 2.75) is 13.0 Å². The number of hydrogen-bond acceptors (Lipinski definition) is 2. The first kappa shape index (κ1) is 14.3. The second-order valence-electron chi connectivity index (χ2n) is 2.83. The molecule has 0 aliphatic carbocycles. The summed E-state index contributed by atoms with van der Waals surface area (Å²) in [5, 5.41) is 11.2. The van der Waals surface area contributed by atoms with E-state index in [2.05, 4.69) is 5.32 Å². The van der Waals surface area contributed by atoms with Crippen LogP contribution in [0.1, 0.15) is 6.92 Å². The summed E-state index contributed by atoms with van der Waals surface area (Å²) >= 11 is 5.51. The fourth-order valence-corrected chi connectivity index (χ4v) is 1.08. The Balaban J connectivity index is 0.00000196. The van der Waals surface area contributed by atoms with Crippen LogP contribution in [0.15, 0.2) is 18.2 Å². The van der Waals surface area contributed by atoms with E-state index in [9.17, 15) is 9.18 Å². The van der Waals surface area contributed by atoms with Gasteiger partial charge < -0.3 is 10.4 Å². The van der Waals surface area contributed by atoms with E-state index in [4.69, 9.17) is 16.7 Å². The molecule has 1 unspecified atom stereocenters. The van der Waals surface area contributed by atoms with Gasteiger partial charge in [-0.05, 0) is 25.1 Å². The Morgan fingerprint density at radius 2 is 2.20 bits per heavy atom. The molecule has 0 aliphatic heterocycles. The number of hydrogen-bond donors (Lipinski definition) is 2. The SMILES string of the molecule is CC(Nc1ccc(F)c(Cl)c1)C(=O)O.[LiH]. The van der Waals surface area contributed by atoms with Crippen molar-refractivity contribution in [3.63, 3.8) is 0 Å². The summed E-state index contributed by atoms with van der Waals surface area (Å²) in [7, 11) is 0. The quantitative estimate of drug-likeness (QED) is 0.770. The average molecular weight is 226 g/mol. The Hall–Kier alpha value is -0.693. The van der Waals surface area contributed by atoms with Crippen molar-refractivity contribution in [1.29, 1.82) is 0 Å². The van der Waals surface area contributed by atoms with Crippen molar-refractivity contribution in [1.82, 2.24) is 0 Å². The first-order valence-electron chi connectivity index (χ1n) is 3.95. The summed E-state index contributed by atoms with van der Waals surface area (Å²) < 4.78 is 12.7. The van der Waals surface area contributed by atoms with E-state index in [1.165, 1.54) is 25.1 Å². The second kappa shape index (κ2) is 6.01. The van der Waals surface area contributed by atoms with E-state index in [-0.39, 0.29) is 23.9 Å². The number of halogens is 2. The van der Waals surface area contributed by atoms with Crippen LogP contribution in [-0.4, -0.2) is 36.0 Å². The van der Waals surface area contributed by atoms with E-state index < -0.39 is 17.8 Å². The number of nitrogens with one attached hydrogen (secondary N) is 1. The fourth-order valence-electron chi connectivity index (χ4n) is 0.898. The third-order valence-corrected chi connectivity index (χ3v) is 1.96. The van der Waals surface area contributed by atoms with Crippen molar-refractivity contribution in [2.24, 2.45) is 0 Å². The van der Waals surface area contributed by atoms with E-state index in [0.29, 0.717) is 5.69 Å². The molecule has 0 saturated carbocycles. The molecule has 0 heterocycles. The molecule has 1 rings (SSSR count). The predicted molar refractivity (Wildman–Crippen MR) is 59.3 cm³/mol. The minimum atomic E-state index is -0.981. The molecule has 0 fully saturated rings. The number of carbonyl (C=O) groups is 1. The van der Waals surface area contributed by atoms with E-state index in [1.807, 2.05) is 0 Å². The fraction of sp³-hybridized carbons (Fsp3) is 0.222. The number of anilines is 1. The van der Waals surface area contributed by atoms with Crippen LogP contribution in [0, 0.1) is 5.82 Å². The monoisotopic (exact) mass is 225 g/mol. The van der Waals surface area contributed by atoms with Crippen LogP contribution in [0.25, 0.3) is 0 Å². The zero-order chi connectivity index (χ0) is 10.7. The van der Waals surface area contributed by atoms with Gasteiger partial charge in [-0.2, -0.15) is 0 Å². The summed E-state index contributed by atoms with van der Waals surface area (Å²) in [6, 6.07) is 3.22. The Bertz CT molecular complexity index is 362. The molecule has 0 aliphatic rings. The predicted octanol–water partition coefficient (Wildman–Crippen LogP) is 1.72. The van der Waals surface area contributed by atoms with Gasteiger partial charge in [0.1, 0.15) is 11.9 Å². The van der Waals surface area contributed by atoms with Gasteiger partial charge in [0.25, 0.3) is 0 Å². The molecule has 0 spiro atoms. The topological polar surface area (TPSA) is 49.3 Å². The summed E-state index contributed by atoms with van der Waals surface area (Å²) in [6.07, 6.45) is 0. The van der Waals surface area contributed by atoms with Crippen LogP contribution in [0.4, 0.5) is 10.1 Å². The van der Waals surface area contributed by atoms with Gasteiger partial charge in [0.2, 0.25) is 0 Å². The average Bonchev–Trinajstić information content (AvgIpc) is 2.11. The zero-order valence-corrected chi connectivity index (χ0v) is 8.18. The Kier molecular flexibility index (Phi) is 5.74. The van der Waals surface area contributed by atoms with Gasteiger partial charge in [-0.1, -0.05) is 11.6 Å². The van der Waals surface area contributed by atoms with Gasteiger partial charge >= 0.3 is 24.8 Å². The van der Waals surface area contributed by atoms with Crippen LogP contribution >= 0.6 is 11.6 Å². The summed E-state index contributed by atoms with van der Waals surface area (Å²) in [4.78, 5) is 10.5. The molecule has 0 radical (unpaired) electrons. The summed E-state index contributed by atoms with van der Waals surface area (Å²) in [5.41, 5.74) is 0.478. The molecule has 1 atom stereocenters. The van der Waals surface area contributed by atoms with E-state index in [0.717, 1.165) is 0 Å². The first-order chi connectivity index (χ1) is 6.50. The molecule has 2 N–H and O–H groups in total. The number of carboxylic acid groups (broad SMARTS) is 1. The van der Waals surface area contributed by atoms with Gasteiger partial charge in [0, 0.05) is 5.69 Å². The second-order valence-corrected chi connectivity index (χ2v) is 3.24. The molecule has 0 saturated heterocycles. The van der Waals surface area contributed by atoms with E-state index in [1.54, 1.807) is 0 Å². The van der Waals surface area contributed by atoms with Crippen LogP contribution in [-0.2, 0) is 4.79 Å². The first-order valence-corrected chi connectivity index (χ1v) is 4.33. The molecule has 15 heavy (non-hydrogen) atoms. The van der Waals surface area contributed by atoms with Crippen LogP contribution in [0.5, 0.6) is 0 Å². The Morgan fingerprint density at radius 1 is 1.60 bits per heavy atom. The van der Waals surface area contributed by atoms with Crippen LogP contribution in [0.2, 0.25) is 5.02 Å². The molecule has 78 valence electrons. The van der Waals surface area contributed by atoms with Crippen molar-refractivity contribution in [2.75, 3.05) is 5.32 Å². The number of aliphatic carboxylic acids is 1. The third-order valence-electron chi connectivity index (χ3n) is 1.67. The molecule has 1 aromatic rings. The molecule has 0 aromatic heterocycles. The minimum absolute atomic E-state index is 0. The van der Waals surface area contributed by atoms with Gasteiger partial charge in [0.15, 0.2) is 0 Å². The standard InChI is InChI=1S/C9H9ClFNO2.Li.H/c1-5(9(13)14)12-6-2-3-8(11)7(10)4-6;;/h2-5,12H,1H3,(H,13,14);;. The molecule has 6 heteroatoms.